The molecule has 1 heterocycles. The molecule has 0 bridgehead atoms. The highest BCUT2D eigenvalue weighted by Gasteiger charge is 2.53. The van der Waals surface area contributed by atoms with E-state index < -0.39 is 19.2 Å². The minimum atomic E-state index is -2.02. The maximum atomic E-state index is 12.9. The van der Waals surface area contributed by atoms with Gasteiger partial charge in [-0.3, -0.25) is 19.7 Å². The molecular formula is C22H34N2O6SSi. The number of nitro benzene ring substituents is 1. The molecule has 1 aromatic carbocycles. The van der Waals surface area contributed by atoms with Gasteiger partial charge in [-0.15, -0.1) is 11.8 Å². The smallest absolute Gasteiger partial charge is 0.326 e. The van der Waals surface area contributed by atoms with Gasteiger partial charge < -0.3 is 14.1 Å². The summed E-state index contributed by atoms with van der Waals surface area (Å²) in [6, 6.07) is 5.83. The second kappa shape index (κ2) is 10.3. The van der Waals surface area contributed by atoms with Crippen molar-refractivity contribution in [3.05, 3.63) is 39.9 Å². The lowest BCUT2D eigenvalue weighted by molar-refractivity contribution is -0.384. The van der Waals surface area contributed by atoms with E-state index in [0.29, 0.717) is 5.56 Å². The average molecular weight is 483 g/mol. The fourth-order valence-corrected chi connectivity index (χ4v) is 5.97. The van der Waals surface area contributed by atoms with Crippen molar-refractivity contribution < 1.29 is 23.7 Å². The Morgan fingerprint density at radius 3 is 2.38 bits per heavy atom. The van der Waals surface area contributed by atoms with E-state index in [0.717, 1.165) is 5.75 Å². The number of ether oxygens (including phenoxy) is 1. The summed E-state index contributed by atoms with van der Waals surface area (Å²) in [6.07, 6.45) is -0.222. The summed E-state index contributed by atoms with van der Waals surface area (Å²) in [6.45, 7) is 14.7. The van der Waals surface area contributed by atoms with Gasteiger partial charge in [0.05, 0.1) is 22.3 Å². The lowest BCUT2D eigenvalue weighted by Crippen LogP contribution is -2.65. The Kier molecular flexibility index (Phi) is 8.52. The molecule has 1 aromatic rings. The molecule has 32 heavy (non-hydrogen) atoms. The lowest BCUT2D eigenvalue weighted by atomic mass is 9.93. The molecule has 8 nitrogen and oxygen atoms in total. The first-order valence-electron chi connectivity index (χ1n) is 10.8. The van der Waals surface area contributed by atoms with Crippen LogP contribution in [0.1, 0.15) is 40.2 Å². The van der Waals surface area contributed by atoms with E-state index in [1.165, 1.54) is 12.1 Å². The van der Waals surface area contributed by atoms with Gasteiger partial charge >= 0.3 is 5.97 Å². The van der Waals surface area contributed by atoms with Crippen LogP contribution in [0, 0.1) is 16.0 Å². The van der Waals surface area contributed by atoms with Crippen LogP contribution in [0.2, 0.25) is 18.1 Å². The first kappa shape index (κ1) is 26.3. The zero-order chi connectivity index (χ0) is 24.3. The molecule has 1 amide bonds. The first-order chi connectivity index (χ1) is 14.8. The molecule has 0 spiro atoms. The minimum Gasteiger partial charge on any atom is -0.459 e. The number of benzene rings is 1. The van der Waals surface area contributed by atoms with Crippen LogP contribution >= 0.6 is 11.8 Å². The SMILES string of the molecule is CCS[C@@H]1[C@@H]([C@@H](C)O[Si](C)(C)C(C)(C)C)C(=O)N1CC(=O)OCc1ccc([N+](=O)[O-])cc1. The van der Waals surface area contributed by atoms with Gasteiger partial charge in [0.1, 0.15) is 13.2 Å². The first-order valence-corrected chi connectivity index (χ1v) is 14.7. The topological polar surface area (TPSA) is 99.0 Å². The van der Waals surface area contributed by atoms with Gasteiger partial charge in [0.2, 0.25) is 5.91 Å². The zero-order valence-corrected chi connectivity index (χ0v) is 21.7. The Labute approximate surface area is 195 Å². The second-order valence-corrected chi connectivity index (χ2v) is 15.7. The van der Waals surface area contributed by atoms with Crippen LogP contribution in [-0.4, -0.2) is 53.8 Å². The molecule has 1 saturated heterocycles. The normalized spacial score (nSPS) is 20.0. The van der Waals surface area contributed by atoms with Crippen molar-refractivity contribution in [3.63, 3.8) is 0 Å². The van der Waals surface area contributed by atoms with Gasteiger partial charge in [-0.1, -0.05) is 27.7 Å². The molecule has 0 aliphatic carbocycles. The van der Waals surface area contributed by atoms with Gasteiger partial charge in [-0.05, 0) is 48.5 Å². The van der Waals surface area contributed by atoms with Crippen LogP contribution in [0.25, 0.3) is 0 Å². The van der Waals surface area contributed by atoms with E-state index in [-0.39, 0.29) is 47.2 Å². The molecule has 10 heteroatoms. The van der Waals surface area contributed by atoms with E-state index in [9.17, 15) is 19.7 Å². The van der Waals surface area contributed by atoms with Crippen LogP contribution in [-0.2, 0) is 25.4 Å². The molecule has 1 aliphatic heterocycles. The zero-order valence-electron chi connectivity index (χ0n) is 19.9. The predicted molar refractivity (Wildman–Crippen MR) is 128 cm³/mol. The van der Waals surface area contributed by atoms with E-state index in [4.69, 9.17) is 9.16 Å². The summed E-state index contributed by atoms with van der Waals surface area (Å²) >= 11 is 1.63. The summed E-state index contributed by atoms with van der Waals surface area (Å²) in [7, 11) is -2.02. The van der Waals surface area contributed by atoms with Crippen LogP contribution < -0.4 is 0 Å². The summed E-state index contributed by atoms with van der Waals surface area (Å²) in [5, 5.41) is 10.6. The monoisotopic (exact) mass is 482 g/mol. The van der Waals surface area contributed by atoms with Crippen LogP contribution in [0.3, 0.4) is 0 Å². The molecule has 0 saturated carbocycles. The van der Waals surface area contributed by atoms with E-state index in [1.54, 1.807) is 28.8 Å². The summed E-state index contributed by atoms with van der Waals surface area (Å²) in [4.78, 5) is 37.1. The van der Waals surface area contributed by atoms with Crippen LogP contribution in [0.15, 0.2) is 24.3 Å². The number of carbonyl (C=O) groups is 2. The Morgan fingerprint density at radius 1 is 1.28 bits per heavy atom. The molecule has 3 atom stereocenters. The van der Waals surface area contributed by atoms with Crippen molar-refractivity contribution >= 4 is 37.6 Å². The summed E-state index contributed by atoms with van der Waals surface area (Å²) in [5.41, 5.74) is 0.624. The average Bonchev–Trinajstić information content (AvgIpc) is 2.69. The van der Waals surface area contributed by atoms with Gasteiger partial charge in [0.15, 0.2) is 8.32 Å². The van der Waals surface area contributed by atoms with E-state index in [1.807, 2.05) is 13.8 Å². The predicted octanol–water partition coefficient (Wildman–Crippen LogP) is 4.59. The summed E-state index contributed by atoms with van der Waals surface area (Å²) < 4.78 is 11.7. The second-order valence-electron chi connectivity index (χ2n) is 9.51. The molecule has 1 fully saturated rings. The number of nitro groups is 1. The van der Waals surface area contributed by atoms with Gasteiger partial charge in [0.25, 0.3) is 5.69 Å². The Bertz CT molecular complexity index is 840. The fourth-order valence-electron chi connectivity index (χ4n) is 3.29. The maximum Gasteiger partial charge on any atom is 0.326 e. The van der Waals surface area contributed by atoms with Crippen molar-refractivity contribution in [3.8, 4) is 0 Å². The Hall–Kier alpha value is -1.91. The number of rotatable bonds is 10. The van der Waals surface area contributed by atoms with Gasteiger partial charge in [-0.2, -0.15) is 0 Å². The molecule has 2 rings (SSSR count). The van der Waals surface area contributed by atoms with E-state index in [2.05, 4.69) is 33.9 Å². The third kappa shape index (κ3) is 6.11. The number of thioether (sulfide) groups is 1. The third-order valence-electron chi connectivity index (χ3n) is 6.16. The number of β-lactam (4-membered cyclic amide) rings is 1. The van der Waals surface area contributed by atoms with Crippen LogP contribution in [0.4, 0.5) is 5.69 Å². The molecule has 0 aromatic heterocycles. The van der Waals surface area contributed by atoms with Crippen molar-refractivity contribution in [1.29, 1.82) is 0 Å². The number of hydrogen-bond acceptors (Lipinski definition) is 7. The van der Waals surface area contributed by atoms with E-state index >= 15 is 0 Å². The Morgan fingerprint density at radius 2 is 1.88 bits per heavy atom. The quantitative estimate of drug-likeness (QED) is 0.158. The molecule has 0 radical (unpaired) electrons. The molecule has 0 unspecified atom stereocenters. The highest BCUT2D eigenvalue weighted by atomic mass is 32.2. The standard InChI is InChI=1S/C22H34N2O6SSi/c1-8-31-21-19(15(2)30-32(6,7)22(3,4)5)20(26)23(21)13-18(25)29-14-16-9-11-17(12-10-16)24(27)28/h9-12,15,19,21H,8,13-14H2,1-7H3/t15-,19+,21-/m1/s1. The molecule has 0 N–H and O–H groups in total. The third-order valence-corrected chi connectivity index (χ3v) is 12.0. The number of nitrogens with zero attached hydrogens (tertiary/aromatic N) is 2. The number of likely N-dealkylation sites (tertiary alicyclic amines) is 1. The van der Waals surface area contributed by atoms with Crippen molar-refractivity contribution in [2.45, 2.75) is 70.8 Å². The number of esters is 1. The summed E-state index contributed by atoms with van der Waals surface area (Å²) in [5.74, 6) is -0.0592. The van der Waals surface area contributed by atoms with Crippen LogP contribution in [0.5, 0.6) is 0 Å². The highest BCUT2D eigenvalue weighted by molar-refractivity contribution is 7.99. The number of hydrogen-bond donors (Lipinski definition) is 0. The lowest BCUT2D eigenvalue weighted by Gasteiger charge is -2.50. The Balaban J connectivity index is 1.96. The highest BCUT2D eigenvalue weighted by Crippen LogP contribution is 2.42. The van der Waals surface area contributed by atoms with Gasteiger partial charge in [0, 0.05) is 12.1 Å². The fraction of sp³-hybridized carbons (Fsp3) is 0.636. The maximum absolute atomic E-state index is 12.9. The molecule has 1 aliphatic rings. The van der Waals surface area contributed by atoms with Gasteiger partial charge in [-0.25, -0.2) is 0 Å². The number of non-ortho nitro benzene ring substituents is 1. The minimum absolute atomic E-state index is 0.00123. The molecular weight excluding hydrogens is 448 g/mol. The van der Waals surface area contributed by atoms with Crippen molar-refractivity contribution in [1.82, 2.24) is 4.90 Å². The number of amides is 1. The van der Waals surface area contributed by atoms with Crippen molar-refractivity contribution in [2.24, 2.45) is 5.92 Å². The molecule has 178 valence electrons. The largest absolute Gasteiger partial charge is 0.459 e. The number of carbonyl (C=O) groups excluding carboxylic acids is 2. The van der Waals surface area contributed by atoms with Crippen molar-refractivity contribution in [2.75, 3.05) is 12.3 Å².